The van der Waals surface area contributed by atoms with E-state index in [0.29, 0.717) is 12.2 Å². The number of benzene rings is 1. The zero-order chi connectivity index (χ0) is 17.5. The number of ether oxygens (including phenoxy) is 1. The Bertz CT molecular complexity index is 869. The van der Waals surface area contributed by atoms with Crippen molar-refractivity contribution in [2.24, 2.45) is 0 Å². The van der Waals surface area contributed by atoms with E-state index in [0.717, 1.165) is 18.7 Å². The number of rotatable bonds is 5. The van der Waals surface area contributed by atoms with E-state index in [2.05, 4.69) is 37.8 Å². The summed E-state index contributed by atoms with van der Waals surface area (Å²) >= 11 is 0. The van der Waals surface area contributed by atoms with Gasteiger partial charge in [-0.05, 0) is 31.1 Å². The zero-order valence-electron chi connectivity index (χ0n) is 14.7. The van der Waals surface area contributed by atoms with Gasteiger partial charge in [0.15, 0.2) is 5.75 Å². The van der Waals surface area contributed by atoms with Crippen molar-refractivity contribution in [3.05, 3.63) is 61.5 Å². The molecule has 4 heteroatoms. The summed E-state index contributed by atoms with van der Waals surface area (Å²) in [4.78, 5) is 26.0. The standard InChI is InChI=1S/C20H23NO3/c1-5-11-21-15-10-8-7-9-14(15)20(3,4)16(21)12-13-17(22)18(23)19(13)24-6-2/h7-10,12H,5-6,11H2,1-4H3/b16-12+. The summed E-state index contributed by atoms with van der Waals surface area (Å²) < 4.78 is 5.37. The molecular weight excluding hydrogens is 302 g/mol. The van der Waals surface area contributed by atoms with E-state index < -0.39 is 10.9 Å². The summed E-state index contributed by atoms with van der Waals surface area (Å²) in [5.41, 5.74) is 2.66. The molecule has 1 aliphatic rings. The lowest BCUT2D eigenvalue weighted by Gasteiger charge is -2.27. The summed E-state index contributed by atoms with van der Waals surface area (Å²) in [7, 11) is 0. The SMILES string of the molecule is CCCN1/C(=C/c2c(OCC)c(=O)c2=O)C(C)(C)c2ccccc21. The fourth-order valence-corrected chi connectivity index (χ4v) is 3.51. The molecule has 0 fully saturated rings. The van der Waals surface area contributed by atoms with Gasteiger partial charge in [0.05, 0.1) is 12.2 Å². The monoisotopic (exact) mass is 325 g/mol. The molecule has 0 aliphatic carbocycles. The van der Waals surface area contributed by atoms with Gasteiger partial charge < -0.3 is 9.64 Å². The fourth-order valence-electron chi connectivity index (χ4n) is 3.51. The predicted octanol–water partition coefficient (Wildman–Crippen LogP) is 3.23. The zero-order valence-corrected chi connectivity index (χ0v) is 14.7. The molecule has 126 valence electrons. The molecule has 0 atom stereocenters. The molecule has 0 amide bonds. The minimum atomic E-state index is -0.515. The first-order chi connectivity index (χ1) is 11.4. The lowest BCUT2D eigenvalue weighted by molar-refractivity contribution is 0.332. The van der Waals surface area contributed by atoms with Crippen LogP contribution in [0.25, 0.3) is 6.08 Å². The second kappa shape index (κ2) is 5.93. The summed E-state index contributed by atoms with van der Waals surface area (Å²) in [5, 5.41) is 0. The fraction of sp³-hybridized carbons (Fsp3) is 0.400. The van der Waals surface area contributed by atoms with Gasteiger partial charge in [-0.15, -0.1) is 0 Å². The topological polar surface area (TPSA) is 46.6 Å². The molecule has 0 aromatic heterocycles. The van der Waals surface area contributed by atoms with Gasteiger partial charge >= 0.3 is 0 Å². The second-order valence-electron chi connectivity index (χ2n) is 6.66. The Balaban J connectivity index is 2.15. The molecule has 0 radical (unpaired) electrons. The van der Waals surface area contributed by atoms with Crippen molar-refractivity contribution in [1.82, 2.24) is 0 Å². The lowest BCUT2D eigenvalue weighted by Crippen LogP contribution is -2.36. The highest BCUT2D eigenvalue weighted by Gasteiger charge is 2.40. The average Bonchev–Trinajstić information content (AvgIpc) is 2.79. The molecule has 2 aromatic carbocycles. The van der Waals surface area contributed by atoms with Gasteiger partial charge in [-0.1, -0.05) is 39.0 Å². The van der Waals surface area contributed by atoms with Crippen LogP contribution in [0.1, 0.15) is 45.2 Å². The highest BCUT2D eigenvalue weighted by atomic mass is 16.5. The van der Waals surface area contributed by atoms with Crippen LogP contribution in [-0.2, 0) is 5.41 Å². The number of anilines is 1. The maximum absolute atomic E-state index is 12.0. The van der Waals surface area contributed by atoms with Crippen molar-refractivity contribution in [3.8, 4) is 5.75 Å². The third-order valence-electron chi connectivity index (χ3n) is 4.72. The van der Waals surface area contributed by atoms with Gasteiger partial charge in [-0.2, -0.15) is 0 Å². The molecule has 0 bridgehead atoms. The van der Waals surface area contributed by atoms with Crippen molar-refractivity contribution in [1.29, 1.82) is 0 Å². The maximum atomic E-state index is 12.0. The Kier molecular flexibility index (Phi) is 4.08. The lowest BCUT2D eigenvalue weighted by atomic mass is 9.83. The number of hydrogen-bond acceptors (Lipinski definition) is 4. The van der Waals surface area contributed by atoms with E-state index in [-0.39, 0.29) is 11.2 Å². The van der Waals surface area contributed by atoms with Crippen LogP contribution in [0.5, 0.6) is 5.75 Å². The second-order valence-corrected chi connectivity index (χ2v) is 6.66. The number of fused-ring (bicyclic) bond motifs is 1. The van der Waals surface area contributed by atoms with Gasteiger partial charge in [0.25, 0.3) is 5.43 Å². The summed E-state index contributed by atoms with van der Waals surface area (Å²) in [6.45, 7) is 9.49. The van der Waals surface area contributed by atoms with Crippen molar-refractivity contribution in [2.45, 2.75) is 39.5 Å². The molecule has 0 unspecified atom stereocenters. The molecule has 0 N–H and O–H groups in total. The summed E-state index contributed by atoms with van der Waals surface area (Å²) in [5.74, 6) is 0.207. The van der Waals surface area contributed by atoms with Gasteiger partial charge in [-0.25, -0.2) is 0 Å². The third-order valence-corrected chi connectivity index (χ3v) is 4.72. The normalized spacial score (nSPS) is 17.5. The van der Waals surface area contributed by atoms with Crippen LogP contribution < -0.4 is 20.5 Å². The molecule has 0 saturated heterocycles. The minimum Gasteiger partial charge on any atom is -0.489 e. The van der Waals surface area contributed by atoms with Crippen LogP contribution in [0.2, 0.25) is 0 Å². The van der Waals surface area contributed by atoms with E-state index in [1.165, 1.54) is 11.3 Å². The molecule has 1 aliphatic heterocycles. The first kappa shape index (κ1) is 16.5. The Morgan fingerprint density at radius 1 is 1.12 bits per heavy atom. The van der Waals surface area contributed by atoms with Crippen LogP contribution >= 0.6 is 0 Å². The Hall–Kier alpha value is -2.36. The first-order valence-corrected chi connectivity index (χ1v) is 8.48. The van der Waals surface area contributed by atoms with Gasteiger partial charge in [0.2, 0.25) is 5.43 Å². The highest BCUT2D eigenvalue weighted by Crippen LogP contribution is 2.48. The number of nitrogens with zero attached hydrogens (tertiary/aromatic N) is 1. The van der Waals surface area contributed by atoms with Crippen molar-refractivity contribution < 1.29 is 4.74 Å². The van der Waals surface area contributed by atoms with E-state index in [1.807, 2.05) is 25.1 Å². The van der Waals surface area contributed by atoms with Crippen LogP contribution in [0.3, 0.4) is 0 Å². The molecule has 1 heterocycles. The highest BCUT2D eigenvalue weighted by molar-refractivity contribution is 5.77. The van der Waals surface area contributed by atoms with Crippen molar-refractivity contribution in [2.75, 3.05) is 18.1 Å². The van der Waals surface area contributed by atoms with Crippen LogP contribution in [0, 0.1) is 0 Å². The van der Waals surface area contributed by atoms with Gasteiger partial charge in [-0.3, -0.25) is 9.59 Å². The Morgan fingerprint density at radius 3 is 2.50 bits per heavy atom. The summed E-state index contributed by atoms with van der Waals surface area (Å²) in [6.07, 6.45) is 2.84. The van der Waals surface area contributed by atoms with Crippen molar-refractivity contribution in [3.63, 3.8) is 0 Å². The first-order valence-electron chi connectivity index (χ1n) is 8.48. The Morgan fingerprint density at radius 2 is 1.83 bits per heavy atom. The molecule has 2 aromatic rings. The van der Waals surface area contributed by atoms with Crippen LogP contribution in [-0.4, -0.2) is 13.2 Å². The van der Waals surface area contributed by atoms with E-state index in [1.54, 1.807) is 0 Å². The molecule has 0 spiro atoms. The van der Waals surface area contributed by atoms with Crippen LogP contribution in [0.4, 0.5) is 5.69 Å². The number of hydrogen-bond donors (Lipinski definition) is 0. The van der Waals surface area contributed by atoms with E-state index in [4.69, 9.17) is 4.74 Å². The predicted molar refractivity (Wildman–Crippen MR) is 97.6 cm³/mol. The maximum Gasteiger partial charge on any atom is 0.268 e. The minimum absolute atomic E-state index is 0.207. The van der Waals surface area contributed by atoms with E-state index >= 15 is 0 Å². The number of allylic oxidation sites excluding steroid dienone is 1. The molecule has 3 rings (SSSR count). The smallest absolute Gasteiger partial charge is 0.268 e. The molecular formula is C20H23NO3. The molecule has 4 nitrogen and oxygen atoms in total. The van der Waals surface area contributed by atoms with E-state index in [9.17, 15) is 9.59 Å². The quantitative estimate of drug-likeness (QED) is 0.792. The van der Waals surface area contributed by atoms with Gasteiger partial charge in [0, 0.05) is 23.3 Å². The third kappa shape index (κ3) is 2.29. The van der Waals surface area contributed by atoms with Crippen LogP contribution in [0.15, 0.2) is 39.6 Å². The number of para-hydroxylation sites is 1. The average molecular weight is 325 g/mol. The largest absolute Gasteiger partial charge is 0.489 e. The molecule has 24 heavy (non-hydrogen) atoms. The molecule has 0 saturated carbocycles. The summed E-state index contributed by atoms with van der Waals surface area (Å²) in [6, 6.07) is 8.31. The van der Waals surface area contributed by atoms with Crippen molar-refractivity contribution >= 4 is 11.8 Å². The Labute approximate surface area is 142 Å². The van der Waals surface area contributed by atoms with Gasteiger partial charge in [0.1, 0.15) is 0 Å².